The summed E-state index contributed by atoms with van der Waals surface area (Å²) < 4.78 is 0. The Hall–Kier alpha value is -4.98. The molecule has 45 heavy (non-hydrogen) atoms. The van der Waals surface area contributed by atoms with E-state index in [1.807, 2.05) is 0 Å². The molecular formula is C44H36Si. The summed E-state index contributed by atoms with van der Waals surface area (Å²) in [5, 5.41) is 6.07. The molecular weight excluding hydrogens is 557 g/mol. The van der Waals surface area contributed by atoms with Crippen molar-refractivity contribution in [2.75, 3.05) is 0 Å². The highest BCUT2D eigenvalue weighted by atomic mass is 28.3. The van der Waals surface area contributed by atoms with E-state index >= 15 is 0 Å². The summed E-state index contributed by atoms with van der Waals surface area (Å²) >= 11 is 0. The molecule has 0 spiro atoms. The fourth-order valence-electron chi connectivity index (χ4n) is 7.68. The molecule has 2 aliphatic rings. The first-order valence-electron chi connectivity index (χ1n) is 16.0. The molecule has 6 aromatic carbocycles. The topological polar surface area (TPSA) is 0 Å². The van der Waals surface area contributed by atoms with Crippen LogP contribution in [-0.2, 0) is 12.8 Å². The van der Waals surface area contributed by atoms with Crippen molar-refractivity contribution in [1.82, 2.24) is 0 Å². The van der Waals surface area contributed by atoms with Crippen molar-refractivity contribution in [2.45, 2.75) is 26.7 Å². The van der Waals surface area contributed by atoms with Crippen molar-refractivity contribution in [3.63, 3.8) is 0 Å². The van der Waals surface area contributed by atoms with Gasteiger partial charge < -0.3 is 0 Å². The van der Waals surface area contributed by atoms with Gasteiger partial charge in [0.1, 0.15) is 0 Å². The lowest BCUT2D eigenvalue weighted by atomic mass is 9.97. The van der Waals surface area contributed by atoms with E-state index in [2.05, 4.69) is 172 Å². The summed E-state index contributed by atoms with van der Waals surface area (Å²) in [6.45, 7) is 4.32. The van der Waals surface area contributed by atoms with E-state index in [-0.39, 0.29) is 0 Å². The van der Waals surface area contributed by atoms with E-state index in [1.165, 1.54) is 66.0 Å². The van der Waals surface area contributed by atoms with Gasteiger partial charge in [-0.1, -0.05) is 179 Å². The van der Waals surface area contributed by atoms with Gasteiger partial charge in [0.15, 0.2) is 8.07 Å². The van der Waals surface area contributed by atoms with Gasteiger partial charge in [0, 0.05) is 0 Å². The lowest BCUT2D eigenvalue weighted by Gasteiger charge is -2.36. The van der Waals surface area contributed by atoms with Gasteiger partial charge in [-0.15, -0.1) is 0 Å². The molecule has 0 saturated heterocycles. The molecule has 0 nitrogen and oxygen atoms in total. The number of rotatable bonds is 6. The number of hydrogen-bond acceptors (Lipinski definition) is 0. The van der Waals surface area contributed by atoms with Crippen molar-refractivity contribution >= 4 is 30.6 Å². The van der Waals surface area contributed by atoms with Crippen molar-refractivity contribution in [3.8, 4) is 22.3 Å². The van der Waals surface area contributed by atoms with Crippen molar-refractivity contribution in [2.24, 2.45) is 0 Å². The van der Waals surface area contributed by atoms with Gasteiger partial charge in [-0.3, -0.25) is 0 Å². The molecule has 0 amide bonds. The van der Waals surface area contributed by atoms with E-state index < -0.39 is 8.07 Å². The van der Waals surface area contributed by atoms with Crippen LogP contribution in [0.2, 0.25) is 0 Å². The molecule has 0 aliphatic heterocycles. The van der Waals surface area contributed by atoms with Gasteiger partial charge in [-0.05, 0) is 81.6 Å². The van der Waals surface area contributed by atoms with Crippen LogP contribution in [0.15, 0.2) is 156 Å². The van der Waals surface area contributed by atoms with Crippen LogP contribution >= 0.6 is 0 Å². The molecule has 6 aromatic rings. The predicted octanol–water partition coefficient (Wildman–Crippen LogP) is 9.56. The van der Waals surface area contributed by atoms with E-state index in [4.69, 9.17) is 0 Å². The minimum atomic E-state index is -2.62. The second-order valence-electron chi connectivity index (χ2n) is 12.7. The monoisotopic (exact) mass is 592 g/mol. The number of fused-ring (bicyclic) bond motifs is 2. The zero-order valence-corrected chi connectivity index (χ0v) is 26.9. The Morgan fingerprint density at radius 3 is 1.20 bits per heavy atom. The lowest BCUT2D eigenvalue weighted by Crippen LogP contribution is -2.62. The van der Waals surface area contributed by atoms with Crippen LogP contribution in [0.1, 0.15) is 33.4 Å². The van der Waals surface area contributed by atoms with E-state index in [9.17, 15) is 0 Å². The maximum absolute atomic E-state index is 2.62. The average molecular weight is 593 g/mol. The first kappa shape index (κ1) is 27.6. The molecule has 0 bridgehead atoms. The maximum Gasteiger partial charge on any atom is 0.172 e. The molecule has 1 heteroatoms. The van der Waals surface area contributed by atoms with Gasteiger partial charge in [0.25, 0.3) is 0 Å². The van der Waals surface area contributed by atoms with Crippen LogP contribution in [0.25, 0.3) is 34.4 Å². The SMILES string of the molecule is Cc1ccc(-c2cccc3c2C=C([Si](C2=Cc4c(cccc4-c4ccc(C)cc4)C2)(c2ccccc2)c2ccccc2)C3)cc1. The van der Waals surface area contributed by atoms with Gasteiger partial charge in [-0.25, -0.2) is 0 Å². The van der Waals surface area contributed by atoms with Crippen LogP contribution in [0.5, 0.6) is 0 Å². The molecule has 216 valence electrons. The molecule has 0 atom stereocenters. The zero-order valence-electron chi connectivity index (χ0n) is 25.9. The number of allylic oxidation sites excluding steroid dienone is 2. The highest BCUT2D eigenvalue weighted by Gasteiger charge is 2.47. The molecule has 0 unspecified atom stereocenters. The molecule has 0 heterocycles. The fourth-order valence-corrected chi connectivity index (χ4v) is 12.9. The summed E-state index contributed by atoms with van der Waals surface area (Å²) in [6.07, 6.45) is 7.12. The second-order valence-corrected chi connectivity index (χ2v) is 16.6. The van der Waals surface area contributed by atoms with Gasteiger partial charge in [-0.2, -0.15) is 0 Å². The summed E-state index contributed by atoms with van der Waals surface area (Å²) in [4.78, 5) is 0. The van der Waals surface area contributed by atoms with Gasteiger partial charge in [0.05, 0.1) is 0 Å². The predicted molar refractivity (Wildman–Crippen MR) is 194 cm³/mol. The minimum absolute atomic E-state index is 0.976. The highest BCUT2D eigenvalue weighted by molar-refractivity contribution is 7.13. The number of hydrogen-bond donors (Lipinski definition) is 0. The Labute approximate surface area is 268 Å². The largest absolute Gasteiger partial charge is 0.172 e. The van der Waals surface area contributed by atoms with Crippen LogP contribution in [0.4, 0.5) is 0 Å². The average Bonchev–Trinajstić information content (AvgIpc) is 3.72. The number of benzene rings is 6. The maximum atomic E-state index is 2.58. The van der Waals surface area contributed by atoms with Crippen molar-refractivity contribution in [3.05, 3.63) is 189 Å². The molecule has 8 rings (SSSR count). The van der Waals surface area contributed by atoms with Crippen LogP contribution in [-0.4, -0.2) is 8.07 Å². The molecule has 0 N–H and O–H groups in total. The standard InChI is InChI=1S/C44H36Si/c1-31-19-23-33(24-20-31)41-17-9-11-35-27-39(29-43(35)41)45(37-13-5-3-6-14-37,38-15-7-4-8-16-38)40-28-36-12-10-18-42(44(36)30-40)34-25-21-32(2)22-26-34/h3-26,29-30H,27-28H2,1-2H3. The smallest absolute Gasteiger partial charge is 0.0626 e. The lowest BCUT2D eigenvalue weighted by molar-refractivity contribution is 1.24. The highest BCUT2D eigenvalue weighted by Crippen LogP contribution is 2.43. The van der Waals surface area contributed by atoms with Crippen LogP contribution in [0, 0.1) is 13.8 Å². The molecule has 0 saturated carbocycles. The Balaban J connectivity index is 1.37. The Morgan fingerprint density at radius 2 is 0.800 bits per heavy atom. The number of aryl methyl sites for hydroxylation is 2. The van der Waals surface area contributed by atoms with E-state index in [1.54, 1.807) is 10.4 Å². The van der Waals surface area contributed by atoms with Crippen LogP contribution < -0.4 is 10.4 Å². The summed E-state index contributed by atoms with van der Waals surface area (Å²) in [6, 6.07) is 54.7. The third-order valence-electron chi connectivity index (χ3n) is 9.89. The van der Waals surface area contributed by atoms with Crippen LogP contribution in [0.3, 0.4) is 0 Å². The quantitative estimate of drug-likeness (QED) is 0.169. The first-order valence-corrected chi connectivity index (χ1v) is 18.0. The van der Waals surface area contributed by atoms with Gasteiger partial charge >= 0.3 is 0 Å². The summed E-state index contributed by atoms with van der Waals surface area (Å²) in [5.41, 5.74) is 13.5. The van der Waals surface area contributed by atoms with Crippen molar-refractivity contribution in [1.29, 1.82) is 0 Å². The molecule has 2 aliphatic carbocycles. The normalized spacial score (nSPS) is 13.6. The van der Waals surface area contributed by atoms with Crippen molar-refractivity contribution < 1.29 is 0 Å². The zero-order chi connectivity index (χ0) is 30.4. The summed E-state index contributed by atoms with van der Waals surface area (Å²) in [7, 11) is -2.62. The van der Waals surface area contributed by atoms with Gasteiger partial charge in [0.2, 0.25) is 0 Å². The third kappa shape index (κ3) is 4.67. The molecule has 0 aromatic heterocycles. The van der Waals surface area contributed by atoms with E-state index in [0.29, 0.717) is 0 Å². The Morgan fingerprint density at radius 1 is 0.400 bits per heavy atom. The first-order chi connectivity index (χ1) is 22.1. The second kappa shape index (κ2) is 11.2. The minimum Gasteiger partial charge on any atom is -0.0626 e. The molecule has 0 fully saturated rings. The Bertz CT molecular complexity index is 1930. The summed E-state index contributed by atoms with van der Waals surface area (Å²) in [5.74, 6) is 0. The molecule has 0 radical (unpaired) electrons. The third-order valence-corrected chi connectivity index (χ3v) is 14.9. The Kier molecular flexibility index (Phi) is 6.85. The van der Waals surface area contributed by atoms with E-state index in [0.717, 1.165) is 12.8 Å². The fraction of sp³-hybridized carbons (Fsp3) is 0.0909.